The van der Waals surface area contributed by atoms with Crippen molar-refractivity contribution in [2.75, 3.05) is 13.7 Å². The van der Waals surface area contributed by atoms with Crippen LogP contribution in [0, 0.1) is 4.77 Å². The van der Waals surface area contributed by atoms with Gasteiger partial charge in [0.2, 0.25) is 5.88 Å². The predicted molar refractivity (Wildman–Crippen MR) is 85.5 cm³/mol. The lowest BCUT2D eigenvalue weighted by molar-refractivity contribution is 0.182. The second kappa shape index (κ2) is 7.10. The molecule has 0 aliphatic rings. The lowest BCUT2D eigenvalue weighted by Crippen LogP contribution is -2.22. The van der Waals surface area contributed by atoms with Crippen LogP contribution in [-0.4, -0.2) is 39.1 Å². The number of nitrogens with zero attached hydrogens (tertiary/aromatic N) is 3. The fraction of sp³-hybridized carbons (Fsp3) is 0.286. The summed E-state index contributed by atoms with van der Waals surface area (Å²) in [5.74, 6) is 0.215. The van der Waals surface area contributed by atoms with Crippen LogP contribution < -0.4 is 5.56 Å². The number of nitrogens with one attached hydrogen (secondary N) is 1. The zero-order valence-corrected chi connectivity index (χ0v) is 13.1. The second-order valence-corrected chi connectivity index (χ2v) is 4.87. The van der Waals surface area contributed by atoms with Crippen LogP contribution in [0.4, 0.5) is 5.82 Å². The largest absolute Gasteiger partial charge is 0.494 e. The van der Waals surface area contributed by atoms with Crippen LogP contribution in [0.15, 0.2) is 34.2 Å². The molecule has 0 atom stereocenters. The number of aromatic amines is 1. The molecule has 2 heterocycles. The van der Waals surface area contributed by atoms with Gasteiger partial charge in [0.1, 0.15) is 5.56 Å². The molecule has 0 bridgehead atoms. The molecular formula is C14H16N4O3S. The summed E-state index contributed by atoms with van der Waals surface area (Å²) in [6.45, 7) is 2.30. The highest BCUT2D eigenvalue weighted by Crippen LogP contribution is 2.16. The molecule has 22 heavy (non-hydrogen) atoms. The molecule has 0 unspecified atom stereocenters. The zero-order valence-electron chi connectivity index (χ0n) is 12.2. The van der Waals surface area contributed by atoms with E-state index in [1.165, 1.54) is 4.57 Å². The number of H-pyrrole nitrogens is 1. The van der Waals surface area contributed by atoms with Gasteiger partial charge in [-0.25, -0.2) is 9.98 Å². The van der Waals surface area contributed by atoms with Gasteiger partial charge in [0, 0.05) is 13.3 Å². The highest BCUT2D eigenvalue weighted by atomic mass is 32.1. The quantitative estimate of drug-likeness (QED) is 0.647. The maximum Gasteiger partial charge on any atom is 0.264 e. The number of aromatic hydroxyl groups is 1. The van der Waals surface area contributed by atoms with Crippen molar-refractivity contribution in [2.45, 2.75) is 13.5 Å². The lowest BCUT2D eigenvalue weighted by Gasteiger charge is -2.12. The number of aromatic nitrogens is 3. The fourth-order valence-corrected chi connectivity index (χ4v) is 2.19. The van der Waals surface area contributed by atoms with Gasteiger partial charge in [-0.3, -0.25) is 14.3 Å². The second-order valence-electron chi connectivity index (χ2n) is 4.49. The molecule has 2 aromatic heterocycles. The number of hydrogen-bond donors (Lipinski definition) is 2. The molecule has 0 saturated carbocycles. The van der Waals surface area contributed by atoms with Gasteiger partial charge in [-0.15, -0.1) is 0 Å². The molecule has 0 amide bonds. The monoisotopic (exact) mass is 320 g/mol. The van der Waals surface area contributed by atoms with Crippen molar-refractivity contribution < 1.29 is 9.84 Å². The van der Waals surface area contributed by atoms with E-state index in [1.54, 1.807) is 38.4 Å². The van der Waals surface area contributed by atoms with Gasteiger partial charge in [0.15, 0.2) is 10.6 Å². The van der Waals surface area contributed by atoms with Gasteiger partial charge >= 0.3 is 0 Å². The van der Waals surface area contributed by atoms with Crippen LogP contribution in [0.5, 0.6) is 5.88 Å². The van der Waals surface area contributed by atoms with E-state index in [0.717, 1.165) is 0 Å². The first-order valence-corrected chi connectivity index (χ1v) is 6.97. The Hall–Kier alpha value is -2.32. The minimum absolute atomic E-state index is 0.0651. The van der Waals surface area contributed by atoms with Crippen molar-refractivity contribution >= 4 is 23.7 Å². The Morgan fingerprint density at radius 2 is 2.32 bits per heavy atom. The normalized spacial score (nSPS) is 11.6. The third kappa shape index (κ3) is 3.46. The number of hydrogen-bond acceptors (Lipinski definition) is 6. The maximum atomic E-state index is 12.1. The van der Waals surface area contributed by atoms with E-state index in [0.29, 0.717) is 24.7 Å². The summed E-state index contributed by atoms with van der Waals surface area (Å²) < 4.78 is 6.50. The molecule has 0 aliphatic carbocycles. The summed E-state index contributed by atoms with van der Waals surface area (Å²) in [6.07, 6.45) is 1.60. The smallest absolute Gasteiger partial charge is 0.264 e. The number of methoxy groups -OCH3 is 1. The molecule has 2 N–H and O–H groups in total. The molecule has 0 aromatic carbocycles. The minimum Gasteiger partial charge on any atom is -0.494 e. The standard InChI is InChI=1S/C14H16N4O3S/c1-9(16-10-5-3-4-6-15-10)11-12(19)17-14(22)18(13(11)20)7-8-21-2/h3-6,20H,7-8H2,1-2H3,(H,17,19,22). The number of aliphatic imine (C=N–C) groups is 1. The highest BCUT2D eigenvalue weighted by molar-refractivity contribution is 7.71. The number of pyridine rings is 1. The molecular weight excluding hydrogens is 304 g/mol. The average Bonchev–Trinajstić information content (AvgIpc) is 2.47. The van der Waals surface area contributed by atoms with Gasteiger partial charge in [-0.2, -0.15) is 0 Å². The summed E-state index contributed by atoms with van der Waals surface area (Å²) in [7, 11) is 1.54. The molecule has 8 heteroatoms. The zero-order chi connectivity index (χ0) is 16.1. The molecule has 0 radical (unpaired) electrons. The van der Waals surface area contributed by atoms with Crippen molar-refractivity contribution in [3.8, 4) is 5.88 Å². The SMILES string of the molecule is COCCn1c(O)c(C(C)=Nc2ccccn2)c(=O)[nH]c1=S. The van der Waals surface area contributed by atoms with E-state index in [1.807, 2.05) is 0 Å². The van der Waals surface area contributed by atoms with Gasteiger partial charge in [-0.1, -0.05) is 6.07 Å². The Morgan fingerprint density at radius 1 is 1.55 bits per heavy atom. The Kier molecular flexibility index (Phi) is 5.18. The third-order valence-electron chi connectivity index (χ3n) is 2.98. The molecule has 7 nitrogen and oxygen atoms in total. The van der Waals surface area contributed by atoms with Crippen LogP contribution in [0.3, 0.4) is 0 Å². The topological polar surface area (TPSA) is 92.5 Å². The lowest BCUT2D eigenvalue weighted by atomic mass is 10.2. The Morgan fingerprint density at radius 3 is 2.95 bits per heavy atom. The van der Waals surface area contributed by atoms with E-state index in [-0.39, 0.29) is 16.2 Å². The summed E-state index contributed by atoms with van der Waals surface area (Å²) in [5, 5.41) is 10.3. The van der Waals surface area contributed by atoms with E-state index < -0.39 is 5.56 Å². The first-order chi connectivity index (χ1) is 10.5. The maximum absolute atomic E-state index is 12.1. The first-order valence-electron chi connectivity index (χ1n) is 6.56. The number of ether oxygens (including phenoxy) is 1. The van der Waals surface area contributed by atoms with Crippen LogP contribution in [0.2, 0.25) is 0 Å². The van der Waals surface area contributed by atoms with E-state index >= 15 is 0 Å². The third-order valence-corrected chi connectivity index (χ3v) is 3.31. The van der Waals surface area contributed by atoms with E-state index in [9.17, 15) is 9.90 Å². The van der Waals surface area contributed by atoms with Crippen LogP contribution >= 0.6 is 12.2 Å². The van der Waals surface area contributed by atoms with Crippen molar-refractivity contribution in [2.24, 2.45) is 4.99 Å². The van der Waals surface area contributed by atoms with E-state index in [4.69, 9.17) is 17.0 Å². The Bertz CT molecular complexity index is 796. The average molecular weight is 320 g/mol. The van der Waals surface area contributed by atoms with E-state index in [2.05, 4.69) is 15.0 Å². The first kappa shape index (κ1) is 16.1. The fourth-order valence-electron chi connectivity index (χ4n) is 1.92. The Balaban J connectivity index is 2.53. The molecule has 0 aliphatic heterocycles. The van der Waals surface area contributed by atoms with Crippen molar-refractivity contribution in [1.29, 1.82) is 0 Å². The van der Waals surface area contributed by atoms with Crippen LogP contribution in [0.25, 0.3) is 0 Å². The molecule has 2 rings (SSSR count). The molecule has 0 fully saturated rings. The molecule has 0 spiro atoms. The molecule has 116 valence electrons. The summed E-state index contributed by atoms with van der Waals surface area (Å²) in [5.41, 5.74) is -0.0812. The number of rotatable bonds is 5. The van der Waals surface area contributed by atoms with Crippen LogP contribution in [-0.2, 0) is 11.3 Å². The summed E-state index contributed by atoms with van der Waals surface area (Å²) in [4.78, 5) is 22.9. The molecule has 2 aromatic rings. The summed E-state index contributed by atoms with van der Waals surface area (Å²) in [6, 6.07) is 5.26. The van der Waals surface area contributed by atoms with Gasteiger partial charge < -0.3 is 9.84 Å². The van der Waals surface area contributed by atoms with Gasteiger partial charge in [0.25, 0.3) is 5.56 Å². The van der Waals surface area contributed by atoms with Crippen LogP contribution in [0.1, 0.15) is 12.5 Å². The van der Waals surface area contributed by atoms with Crippen molar-refractivity contribution in [1.82, 2.24) is 14.5 Å². The van der Waals surface area contributed by atoms with Gasteiger partial charge in [0.05, 0.1) is 18.9 Å². The van der Waals surface area contributed by atoms with Gasteiger partial charge in [-0.05, 0) is 31.3 Å². The van der Waals surface area contributed by atoms with Crippen molar-refractivity contribution in [3.63, 3.8) is 0 Å². The Labute approximate surface area is 132 Å². The van der Waals surface area contributed by atoms with Crippen molar-refractivity contribution in [3.05, 3.63) is 45.1 Å². The minimum atomic E-state index is -0.492. The molecule has 0 saturated heterocycles. The summed E-state index contributed by atoms with van der Waals surface area (Å²) >= 11 is 5.06. The predicted octanol–water partition coefficient (Wildman–Crippen LogP) is 1.79. The highest BCUT2D eigenvalue weighted by Gasteiger charge is 2.15.